The number of anilines is 1. The highest BCUT2D eigenvalue weighted by atomic mass is 16.5. The van der Waals surface area contributed by atoms with Crippen LogP contribution in [0.4, 0.5) is 5.95 Å². The predicted molar refractivity (Wildman–Crippen MR) is 90.9 cm³/mol. The van der Waals surface area contributed by atoms with E-state index in [0.717, 1.165) is 30.7 Å². The van der Waals surface area contributed by atoms with Gasteiger partial charge in [0.25, 0.3) is 5.91 Å². The van der Waals surface area contributed by atoms with Crippen LogP contribution < -0.4 is 5.32 Å². The van der Waals surface area contributed by atoms with Gasteiger partial charge in [-0.2, -0.15) is 10.1 Å². The molecule has 1 atom stereocenters. The van der Waals surface area contributed by atoms with E-state index in [0.29, 0.717) is 11.5 Å². The number of ether oxygens (including phenoxy) is 1. The van der Waals surface area contributed by atoms with Crippen LogP contribution in [0.25, 0.3) is 11.3 Å². The summed E-state index contributed by atoms with van der Waals surface area (Å²) in [5, 5.41) is 14.0. The first-order valence-corrected chi connectivity index (χ1v) is 8.15. The Morgan fingerprint density at radius 3 is 2.96 bits per heavy atom. The molecule has 0 bridgehead atoms. The molecule has 0 saturated carbocycles. The van der Waals surface area contributed by atoms with E-state index in [-0.39, 0.29) is 18.0 Å². The van der Waals surface area contributed by atoms with Crippen molar-refractivity contribution in [3.8, 4) is 11.3 Å². The second kappa shape index (κ2) is 6.48. The lowest BCUT2D eigenvalue weighted by Gasteiger charge is -2.03. The molecule has 128 valence electrons. The molecule has 1 aromatic carbocycles. The predicted octanol–water partition coefficient (Wildman–Crippen LogP) is 2.31. The molecule has 3 heterocycles. The van der Waals surface area contributed by atoms with Gasteiger partial charge in [-0.25, -0.2) is 0 Å². The van der Waals surface area contributed by atoms with Crippen LogP contribution >= 0.6 is 0 Å². The summed E-state index contributed by atoms with van der Waals surface area (Å²) in [6.07, 6.45) is 1.84. The monoisotopic (exact) mass is 338 g/mol. The number of hydrogen-bond donors (Lipinski definition) is 2. The van der Waals surface area contributed by atoms with Gasteiger partial charge in [0.15, 0.2) is 5.82 Å². The Hall–Kier alpha value is -3.00. The topological polar surface area (TPSA) is 97.7 Å². The molecule has 1 fully saturated rings. The minimum Gasteiger partial charge on any atom is -0.370 e. The number of hydrogen-bond acceptors (Lipinski definition) is 5. The van der Waals surface area contributed by atoms with Gasteiger partial charge < -0.3 is 4.74 Å². The molecule has 1 aliphatic rings. The lowest BCUT2D eigenvalue weighted by Crippen LogP contribution is -2.17. The first kappa shape index (κ1) is 15.5. The van der Waals surface area contributed by atoms with Crippen LogP contribution in [0.15, 0.2) is 36.4 Å². The fraction of sp³-hybridized carbons (Fsp3) is 0.294. The van der Waals surface area contributed by atoms with Gasteiger partial charge in [-0.05, 0) is 18.9 Å². The van der Waals surface area contributed by atoms with Crippen molar-refractivity contribution in [2.75, 3.05) is 11.9 Å². The minimum absolute atomic E-state index is 0.0699. The first-order valence-electron chi connectivity index (χ1n) is 8.15. The SMILES string of the molecule is Cn1nc(-c2ccccc2)cc1C(=O)Nc1n[nH]c(C2CCCO2)n1. The number of rotatable bonds is 4. The summed E-state index contributed by atoms with van der Waals surface area (Å²) in [5.41, 5.74) is 2.13. The molecule has 1 amide bonds. The number of nitrogens with one attached hydrogen (secondary N) is 2. The average Bonchev–Trinajstić information content (AvgIpc) is 3.35. The largest absolute Gasteiger partial charge is 0.370 e. The molecule has 1 aliphatic heterocycles. The zero-order valence-electron chi connectivity index (χ0n) is 13.8. The Morgan fingerprint density at radius 2 is 2.20 bits per heavy atom. The number of aromatic amines is 1. The average molecular weight is 338 g/mol. The maximum absolute atomic E-state index is 12.5. The number of aromatic nitrogens is 5. The molecule has 0 radical (unpaired) electrons. The molecule has 0 spiro atoms. The second-order valence-corrected chi connectivity index (χ2v) is 5.90. The zero-order valence-corrected chi connectivity index (χ0v) is 13.8. The third-order valence-corrected chi connectivity index (χ3v) is 4.14. The molecule has 25 heavy (non-hydrogen) atoms. The molecule has 8 heteroatoms. The van der Waals surface area contributed by atoms with Crippen LogP contribution in [-0.2, 0) is 11.8 Å². The summed E-state index contributed by atoms with van der Waals surface area (Å²) in [4.78, 5) is 16.8. The smallest absolute Gasteiger partial charge is 0.276 e. The molecule has 8 nitrogen and oxygen atoms in total. The van der Waals surface area contributed by atoms with E-state index in [1.54, 1.807) is 17.8 Å². The third kappa shape index (κ3) is 3.16. The minimum atomic E-state index is -0.310. The second-order valence-electron chi connectivity index (χ2n) is 5.90. The number of H-pyrrole nitrogens is 1. The lowest BCUT2D eigenvalue weighted by atomic mass is 10.1. The molecule has 4 rings (SSSR count). The fourth-order valence-electron chi connectivity index (χ4n) is 2.86. The molecule has 2 N–H and O–H groups in total. The Balaban J connectivity index is 1.51. The Morgan fingerprint density at radius 1 is 1.36 bits per heavy atom. The molecule has 0 aliphatic carbocycles. The zero-order chi connectivity index (χ0) is 17.2. The number of carbonyl (C=O) groups is 1. The summed E-state index contributed by atoms with van der Waals surface area (Å²) in [7, 11) is 1.73. The number of amides is 1. The van der Waals surface area contributed by atoms with Gasteiger partial charge >= 0.3 is 0 Å². The fourth-order valence-corrected chi connectivity index (χ4v) is 2.86. The summed E-state index contributed by atoms with van der Waals surface area (Å²) in [5.74, 6) is 0.566. The van der Waals surface area contributed by atoms with Gasteiger partial charge in [0, 0.05) is 19.2 Å². The highest BCUT2D eigenvalue weighted by molar-refractivity contribution is 6.02. The number of nitrogens with zero attached hydrogens (tertiary/aromatic N) is 4. The van der Waals surface area contributed by atoms with Crippen LogP contribution in [0.3, 0.4) is 0 Å². The summed E-state index contributed by atoms with van der Waals surface area (Å²) in [6, 6.07) is 11.5. The highest BCUT2D eigenvalue weighted by Gasteiger charge is 2.22. The standard InChI is InChI=1S/C17H18N6O2/c1-23-13(10-12(22-23)11-6-3-2-4-7-11)16(24)19-17-18-15(20-21-17)14-8-5-9-25-14/h2-4,6-7,10,14H,5,8-9H2,1H3,(H2,18,19,20,21,24). The van der Waals surface area contributed by atoms with Gasteiger partial charge in [0.1, 0.15) is 11.8 Å². The highest BCUT2D eigenvalue weighted by Crippen LogP contribution is 2.26. The van der Waals surface area contributed by atoms with Crippen molar-refractivity contribution in [2.45, 2.75) is 18.9 Å². The number of aryl methyl sites for hydroxylation is 1. The summed E-state index contributed by atoms with van der Waals surface area (Å²) in [6.45, 7) is 0.727. The lowest BCUT2D eigenvalue weighted by molar-refractivity contribution is 0.101. The van der Waals surface area contributed by atoms with E-state index in [1.165, 1.54) is 0 Å². The van der Waals surface area contributed by atoms with E-state index in [1.807, 2.05) is 30.3 Å². The molecular weight excluding hydrogens is 320 g/mol. The normalized spacial score (nSPS) is 16.9. The molecular formula is C17H18N6O2. The van der Waals surface area contributed by atoms with Crippen molar-refractivity contribution >= 4 is 11.9 Å². The van der Waals surface area contributed by atoms with E-state index in [9.17, 15) is 4.79 Å². The van der Waals surface area contributed by atoms with Crippen molar-refractivity contribution in [1.29, 1.82) is 0 Å². The summed E-state index contributed by atoms with van der Waals surface area (Å²) < 4.78 is 7.10. The van der Waals surface area contributed by atoms with Gasteiger partial charge in [0.2, 0.25) is 5.95 Å². The van der Waals surface area contributed by atoms with Crippen LogP contribution in [0.5, 0.6) is 0 Å². The van der Waals surface area contributed by atoms with Crippen molar-refractivity contribution in [2.24, 2.45) is 7.05 Å². The van der Waals surface area contributed by atoms with Crippen molar-refractivity contribution in [1.82, 2.24) is 25.0 Å². The van der Waals surface area contributed by atoms with Gasteiger partial charge in [-0.1, -0.05) is 30.3 Å². The molecule has 2 aromatic heterocycles. The van der Waals surface area contributed by atoms with E-state index in [2.05, 4.69) is 25.6 Å². The van der Waals surface area contributed by atoms with Crippen molar-refractivity contribution in [3.05, 3.63) is 47.9 Å². The quantitative estimate of drug-likeness (QED) is 0.761. The van der Waals surface area contributed by atoms with Crippen LogP contribution in [0.2, 0.25) is 0 Å². The summed E-state index contributed by atoms with van der Waals surface area (Å²) >= 11 is 0. The van der Waals surface area contributed by atoms with E-state index in [4.69, 9.17) is 4.74 Å². The van der Waals surface area contributed by atoms with Crippen LogP contribution in [0.1, 0.15) is 35.3 Å². The van der Waals surface area contributed by atoms with Gasteiger partial charge in [0.05, 0.1) is 5.69 Å². The van der Waals surface area contributed by atoms with E-state index < -0.39 is 0 Å². The molecule has 1 unspecified atom stereocenters. The van der Waals surface area contributed by atoms with E-state index >= 15 is 0 Å². The maximum Gasteiger partial charge on any atom is 0.276 e. The first-order chi connectivity index (χ1) is 12.2. The van der Waals surface area contributed by atoms with Crippen LogP contribution in [0, 0.1) is 0 Å². The number of carbonyl (C=O) groups excluding carboxylic acids is 1. The van der Waals surface area contributed by atoms with Crippen molar-refractivity contribution < 1.29 is 9.53 Å². The Kier molecular flexibility index (Phi) is 4.02. The Bertz CT molecular complexity index is 880. The van der Waals surface area contributed by atoms with Gasteiger partial charge in [-0.3, -0.25) is 19.9 Å². The van der Waals surface area contributed by atoms with Crippen molar-refractivity contribution in [3.63, 3.8) is 0 Å². The van der Waals surface area contributed by atoms with Crippen LogP contribution in [-0.4, -0.2) is 37.5 Å². The molecule has 3 aromatic rings. The van der Waals surface area contributed by atoms with Gasteiger partial charge in [-0.15, -0.1) is 5.10 Å². The Labute approximate surface area is 144 Å². The molecule has 1 saturated heterocycles. The third-order valence-electron chi connectivity index (χ3n) is 4.14. The maximum atomic E-state index is 12.5. The number of benzene rings is 1.